The number of nitrogens with zero attached hydrogens (tertiary/aromatic N) is 6. The third-order valence-electron chi connectivity index (χ3n) is 6.30. The standard InChI is InChI=1S/C24H24N6O/c1-14(23-28-29-24(31-23)17-3-4-17)9-16-10-20(13-25-12-16)18-5-7-21-19(11-18)6-8-22-27-26-15(2)30(21)22/h5,7,10-14,17H,3-4,6,8-9H2,1-2H3. The maximum Gasteiger partial charge on any atom is 0.219 e. The first-order valence-electron chi connectivity index (χ1n) is 11.0. The van der Waals surface area contributed by atoms with Crippen LogP contribution in [0.3, 0.4) is 0 Å². The van der Waals surface area contributed by atoms with Gasteiger partial charge in [0.15, 0.2) is 0 Å². The van der Waals surface area contributed by atoms with Gasteiger partial charge in [-0.15, -0.1) is 20.4 Å². The summed E-state index contributed by atoms with van der Waals surface area (Å²) >= 11 is 0. The molecule has 1 atom stereocenters. The van der Waals surface area contributed by atoms with E-state index in [-0.39, 0.29) is 5.92 Å². The molecular formula is C24H24N6O. The lowest BCUT2D eigenvalue weighted by atomic mass is 9.95. The number of hydrogen-bond acceptors (Lipinski definition) is 6. The molecule has 7 heteroatoms. The Kier molecular flexibility index (Phi) is 4.23. The molecule has 7 nitrogen and oxygen atoms in total. The van der Waals surface area contributed by atoms with E-state index in [4.69, 9.17) is 4.42 Å². The molecule has 6 rings (SSSR count). The van der Waals surface area contributed by atoms with Crippen LogP contribution in [0.2, 0.25) is 0 Å². The number of benzene rings is 1. The second kappa shape index (κ2) is 7.11. The molecule has 1 aliphatic heterocycles. The quantitative estimate of drug-likeness (QED) is 0.485. The molecule has 0 amide bonds. The van der Waals surface area contributed by atoms with E-state index in [2.05, 4.69) is 61.1 Å². The smallest absolute Gasteiger partial charge is 0.219 e. The van der Waals surface area contributed by atoms with Gasteiger partial charge < -0.3 is 4.42 Å². The van der Waals surface area contributed by atoms with Crippen LogP contribution in [-0.2, 0) is 19.3 Å². The summed E-state index contributed by atoms with van der Waals surface area (Å²) in [5.74, 6) is 4.15. The van der Waals surface area contributed by atoms with Crippen LogP contribution in [0.15, 0.2) is 41.1 Å². The minimum Gasteiger partial charge on any atom is -0.425 e. The van der Waals surface area contributed by atoms with Crippen LogP contribution < -0.4 is 0 Å². The predicted octanol–water partition coefficient (Wildman–Crippen LogP) is 4.34. The Balaban J connectivity index is 1.25. The highest BCUT2D eigenvalue weighted by molar-refractivity contribution is 5.67. The van der Waals surface area contributed by atoms with E-state index in [0.29, 0.717) is 5.92 Å². The van der Waals surface area contributed by atoms with Gasteiger partial charge in [-0.2, -0.15) is 0 Å². The normalized spacial score (nSPS) is 16.1. The van der Waals surface area contributed by atoms with Gasteiger partial charge in [-0.1, -0.05) is 13.0 Å². The molecule has 4 heterocycles. The second-order valence-electron chi connectivity index (χ2n) is 8.78. The topological polar surface area (TPSA) is 82.5 Å². The summed E-state index contributed by atoms with van der Waals surface area (Å²) in [4.78, 5) is 4.51. The lowest BCUT2D eigenvalue weighted by molar-refractivity contribution is 0.423. The number of pyridine rings is 1. The Bertz CT molecular complexity index is 1270. The first-order chi connectivity index (χ1) is 15.2. The molecule has 1 unspecified atom stereocenters. The minimum atomic E-state index is 0.163. The average Bonchev–Trinajstić information content (AvgIpc) is 3.39. The molecule has 1 saturated carbocycles. The van der Waals surface area contributed by atoms with Gasteiger partial charge in [0.2, 0.25) is 11.8 Å². The lowest BCUT2D eigenvalue weighted by Gasteiger charge is -2.20. The number of aromatic nitrogens is 6. The molecule has 2 aliphatic rings. The van der Waals surface area contributed by atoms with Crippen molar-refractivity contribution in [1.82, 2.24) is 29.9 Å². The van der Waals surface area contributed by atoms with Crippen molar-refractivity contribution in [3.05, 3.63) is 71.2 Å². The molecule has 1 fully saturated rings. The molecule has 4 aromatic rings. The molecule has 0 N–H and O–H groups in total. The van der Waals surface area contributed by atoms with Crippen LogP contribution in [0.4, 0.5) is 0 Å². The molecule has 0 spiro atoms. The minimum absolute atomic E-state index is 0.163. The van der Waals surface area contributed by atoms with Crippen molar-refractivity contribution in [1.29, 1.82) is 0 Å². The van der Waals surface area contributed by atoms with Gasteiger partial charge in [0.05, 0.1) is 5.69 Å². The van der Waals surface area contributed by atoms with E-state index < -0.39 is 0 Å². The van der Waals surface area contributed by atoms with E-state index >= 15 is 0 Å². The first-order valence-corrected chi connectivity index (χ1v) is 11.0. The zero-order valence-corrected chi connectivity index (χ0v) is 17.7. The summed E-state index contributed by atoms with van der Waals surface area (Å²) in [6.45, 7) is 4.14. The Labute approximate surface area is 180 Å². The summed E-state index contributed by atoms with van der Waals surface area (Å²) in [7, 11) is 0. The van der Waals surface area contributed by atoms with E-state index in [1.807, 2.05) is 19.3 Å². The molecule has 31 heavy (non-hydrogen) atoms. The SMILES string of the molecule is Cc1nnc2n1-c1ccc(-c3cncc(CC(C)c4nnc(C5CC5)o4)c3)cc1CC2. The Hall–Kier alpha value is -3.35. The molecule has 1 aliphatic carbocycles. The first kappa shape index (κ1) is 18.4. The van der Waals surface area contributed by atoms with Gasteiger partial charge in [-0.05, 0) is 67.5 Å². The van der Waals surface area contributed by atoms with Crippen molar-refractivity contribution >= 4 is 0 Å². The number of fused-ring (bicyclic) bond motifs is 3. The van der Waals surface area contributed by atoms with Gasteiger partial charge in [-0.3, -0.25) is 9.55 Å². The van der Waals surface area contributed by atoms with Gasteiger partial charge in [0.1, 0.15) is 11.6 Å². The van der Waals surface area contributed by atoms with Crippen molar-refractivity contribution in [3.8, 4) is 16.8 Å². The van der Waals surface area contributed by atoms with E-state index in [1.165, 1.54) is 35.2 Å². The molecule has 0 radical (unpaired) electrons. The van der Waals surface area contributed by atoms with Gasteiger partial charge in [-0.25, -0.2) is 0 Å². The van der Waals surface area contributed by atoms with Crippen molar-refractivity contribution in [2.45, 2.75) is 57.8 Å². The van der Waals surface area contributed by atoms with Crippen molar-refractivity contribution < 1.29 is 4.42 Å². The Morgan fingerprint density at radius 2 is 1.94 bits per heavy atom. The molecule has 0 saturated heterocycles. The fraction of sp³-hybridized carbons (Fsp3) is 0.375. The third-order valence-corrected chi connectivity index (χ3v) is 6.30. The van der Waals surface area contributed by atoms with E-state index in [0.717, 1.165) is 48.3 Å². The summed E-state index contributed by atoms with van der Waals surface area (Å²) < 4.78 is 8.06. The molecule has 1 aromatic carbocycles. The van der Waals surface area contributed by atoms with Gasteiger partial charge in [0.25, 0.3) is 0 Å². The van der Waals surface area contributed by atoms with E-state index in [9.17, 15) is 0 Å². The summed E-state index contributed by atoms with van der Waals surface area (Å²) in [6.07, 6.45) is 8.92. The van der Waals surface area contributed by atoms with Crippen LogP contribution in [-0.4, -0.2) is 29.9 Å². The van der Waals surface area contributed by atoms with Crippen molar-refractivity contribution in [3.63, 3.8) is 0 Å². The van der Waals surface area contributed by atoms with Crippen LogP contribution in [0.1, 0.15) is 66.2 Å². The van der Waals surface area contributed by atoms with Crippen molar-refractivity contribution in [2.75, 3.05) is 0 Å². The van der Waals surface area contributed by atoms with Gasteiger partial charge in [0, 0.05) is 36.2 Å². The maximum atomic E-state index is 5.90. The summed E-state index contributed by atoms with van der Waals surface area (Å²) in [5.41, 5.74) is 6.00. The molecule has 3 aromatic heterocycles. The molecule has 0 bridgehead atoms. The Morgan fingerprint density at radius 1 is 1.03 bits per heavy atom. The fourth-order valence-corrected chi connectivity index (χ4v) is 4.45. The third kappa shape index (κ3) is 3.34. The van der Waals surface area contributed by atoms with Gasteiger partial charge >= 0.3 is 0 Å². The maximum absolute atomic E-state index is 5.90. The highest BCUT2D eigenvalue weighted by atomic mass is 16.4. The number of aryl methyl sites for hydroxylation is 3. The largest absolute Gasteiger partial charge is 0.425 e. The fourth-order valence-electron chi connectivity index (χ4n) is 4.45. The predicted molar refractivity (Wildman–Crippen MR) is 115 cm³/mol. The zero-order valence-electron chi connectivity index (χ0n) is 17.7. The molecular weight excluding hydrogens is 388 g/mol. The average molecular weight is 412 g/mol. The second-order valence-corrected chi connectivity index (χ2v) is 8.78. The van der Waals surface area contributed by atoms with Crippen LogP contribution in [0.5, 0.6) is 0 Å². The van der Waals surface area contributed by atoms with Crippen molar-refractivity contribution in [2.24, 2.45) is 0 Å². The van der Waals surface area contributed by atoms with Crippen LogP contribution in [0.25, 0.3) is 16.8 Å². The highest BCUT2D eigenvalue weighted by Crippen LogP contribution is 2.39. The van der Waals surface area contributed by atoms with Crippen LogP contribution in [0, 0.1) is 6.92 Å². The summed E-state index contributed by atoms with van der Waals surface area (Å²) in [6, 6.07) is 8.85. The monoisotopic (exact) mass is 412 g/mol. The van der Waals surface area contributed by atoms with E-state index in [1.54, 1.807) is 0 Å². The molecule has 156 valence electrons. The lowest BCUT2D eigenvalue weighted by Crippen LogP contribution is -2.13. The number of hydrogen-bond donors (Lipinski definition) is 0. The van der Waals surface area contributed by atoms with Crippen LogP contribution >= 0.6 is 0 Å². The highest BCUT2D eigenvalue weighted by Gasteiger charge is 2.30. The Morgan fingerprint density at radius 3 is 2.81 bits per heavy atom. The summed E-state index contributed by atoms with van der Waals surface area (Å²) in [5, 5.41) is 17.0. The number of rotatable bonds is 5. The zero-order chi connectivity index (χ0) is 20.9.